The summed E-state index contributed by atoms with van der Waals surface area (Å²) in [5.41, 5.74) is 1.10. The summed E-state index contributed by atoms with van der Waals surface area (Å²) in [6.07, 6.45) is 0.581. The maximum Gasteiger partial charge on any atom is 0.320 e. The van der Waals surface area contributed by atoms with Crippen LogP contribution in [0.1, 0.15) is 6.42 Å². The Bertz CT molecular complexity index is 327. The van der Waals surface area contributed by atoms with Gasteiger partial charge in [0.2, 0.25) is 0 Å². The van der Waals surface area contributed by atoms with E-state index in [-0.39, 0.29) is 0 Å². The van der Waals surface area contributed by atoms with Crippen molar-refractivity contribution in [3.05, 3.63) is 30.3 Å². The van der Waals surface area contributed by atoms with Crippen LogP contribution in [0.4, 0.5) is 5.69 Å². The summed E-state index contributed by atoms with van der Waals surface area (Å²) < 4.78 is 0. The molecular formula is C12H18N2O2. The quantitative estimate of drug-likeness (QED) is 0.759. The number of nitrogens with one attached hydrogen (secondary N) is 1. The smallest absolute Gasteiger partial charge is 0.320 e. The maximum absolute atomic E-state index is 10.8. The molecule has 88 valence electrons. The van der Waals surface area contributed by atoms with E-state index >= 15 is 0 Å². The molecule has 0 saturated carbocycles. The summed E-state index contributed by atoms with van der Waals surface area (Å²) >= 11 is 0. The fourth-order valence-electron chi connectivity index (χ4n) is 1.53. The fraction of sp³-hybridized carbons (Fsp3) is 0.417. The molecule has 2 N–H and O–H groups in total. The Hall–Kier alpha value is -1.55. The minimum absolute atomic E-state index is 0.480. The Morgan fingerprint density at radius 1 is 1.44 bits per heavy atom. The number of benzene rings is 1. The van der Waals surface area contributed by atoms with Gasteiger partial charge in [0.25, 0.3) is 0 Å². The van der Waals surface area contributed by atoms with Gasteiger partial charge in [-0.15, -0.1) is 0 Å². The zero-order valence-electron chi connectivity index (χ0n) is 9.68. The van der Waals surface area contributed by atoms with Crippen LogP contribution < -0.4 is 10.2 Å². The van der Waals surface area contributed by atoms with Gasteiger partial charge in [-0.3, -0.25) is 4.79 Å². The van der Waals surface area contributed by atoms with Gasteiger partial charge in [-0.1, -0.05) is 18.2 Å². The first-order valence-electron chi connectivity index (χ1n) is 5.31. The fourth-order valence-corrected chi connectivity index (χ4v) is 1.53. The van der Waals surface area contributed by atoms with E-state index in [1.54, 1.807) is 7.05 Å². The standard InChI is InChI=1S/C12H18N2O2/c1-13-11(12(15)16)8-9-14(2)10-6-4-3-5-7-10/h3-7,11,13H,8-9H2,1-2H3,(H,15,16). The lowest BCUT2D eigenvalue weighted by atomic mass is 10.2. The molecule has 0 aliphatic carbocycles. The molecule has 4 nitrogen and oxygen atoms in total. The van der Waals surface area contributed by atoms with Crippen LogP contribution in [0.3, 0.4) is 0 Å². The van der Waals surface area contributed by atoms with E-state index in [1.165, 1.54) is 0 Å². The molecule has 1 aromatic rings. The summed E-state index contributed by atoms with van der Waals surface area (Å²) in [7, 11) is 3.63. The molecule has 0 aliphatic rings. The maximum atomic E-state index is 10.8. The van der Waals surface area contributed by atoms with E-state index in [0.717, 1.165) is 5.69 Å². The average Bonchev–Trinajstić information content (AvgIpc) is 2.30. The molecule has 1 atom stereocenters. The molecule has 0 aliphatic heterocycles. The molecule has 0 fully saturated rings. The third-order valence-electron chi connectivity index (χ3n) is 2.60. The lowest BCUT2D eigenvalue weighted by molar-refractivity contribution is -0.139. The van der Waals surface area contributed by atoms with Crippen molar-refractivity contribution < 1.29 is 9.90 Å². The van der Waals surface area contributed by atoms with Crippen LogP contribution in [0.25, 0.3) is 0 Å². The summed E-state index contributed by atoms with van der Waals surface area (Å²) in [6, 6.07) is 9.44. The second-order valence-corrected chi connectivity index (χ2v) is 3.73. The Balaban J connectivity index is 2.46. The van der Waals surface area contributed by atoms with Gasteiger partial charge in [-0.05, 0) is 25.6 Å². The van der Waals surface area contributed by atoms with E-state index in [1.807, 2.05) is 42.3 Å². The first kappa shape index (κ1) is 12.5. The van der Waals surface area contributed by atoms with E-state index in [0.29, 0.717) is 13.0 Å². The number of hydrogen-bond donors (Lipinski definition) is 2. The number of nitrogens with zero attached hydrogens (tertiary/aromatic N) is 1. The molecule has 1 unspecified atom stereocenters. The summed E-state index contributed by atoms with van der Waals surface area (Å²) in [5, 5.41) is 11.7. The predicted octanol–water partition coefficient (Wildman–Crippen LogP) is 1.19. The highest BCUT2D eigenvalue weighted by molar-refractivity contribution is 5.73. The number of carbonyl (C=O) groups is 1. The monoisotopic (exact) mass is 222 g/mol. The summed E-state index contributed by atoms with van der Waals surface area (Å²) in [5.74, 6) is -0.802. The second-order valence-electron chi connectivity index (χ2n) is 3.73. The van der Waals surface area contributed by atoms with Gasteiger partial charge in [-0.25, -0.2) is 0 Å². The lowest BCUT2D eigenvalue weighted by Gasteiger charge is -2.21. The van der Waals surface area contributed by atoms with Gasteiger partial charge in [-0.2, -0.15) is 0 Å². The highest BCUT2D eigenvalue weighted by Crippen LogP contribution is 2.11. The van der Waals surface area contributed by atoms with Crippen molar-refractivity contribution in [2.45, 2.75) is 12.5 Å². The molecule has 0 amide bonds. The molecule has 1 aromatic carbocycles. The molecule has 0 radical (unpaired) electrons. The Labute approximate surface area is 95.9 Å². The first-order valence-corrected chi connectivity index (χ1v) is 5.31. The topological polar surface area (TPSA) is 52.6 Å². The largest absolute Gasteiger partial charge is 0.480 e. The number of carboxylic acid groups (broad SMARTS) is 1. The molecule has 0 bridgehead atoms. The SMILES string of the molecule is CNC(CCN(C)c1ccccc1)C(=O)O. The third kappa shape index (κ3) is 3.55. The number of likely N-dealkylation sites (N-methyl/N-ethyl adjacent to an activating group) is 1. The second kappa shape index (κ2) is 6.12. The summed E-state index contributed by atoms with van der Waals surface area (Å²) in [4.78, 5) is 12.8. The van der Waals surface area contributed by atoms with Crippen molar-refractivity contribution in [1.29, 1.82) is 0 Å². The Morgan fingerprint density at radius 2 is 2.06 bits per heavy atom. The van der Waals surface area contributed by atoms with Crippen molar-refractivity contribution >= 4 is 11.7 Å². The molecule has 0 aromatic heterocycles. The lowest BCUT2D eigenvalue weighted by Crippen LogP contribution is -2.37. The third-order valence-corrected chi connectivity index (χ3v) is 2.60. The first-order chi connectivity index (χ1) is 7.65. The minimum Gasteiger partial charge on any atom is -0.480 e. The van der Waals surface area contributed by atoms with Gasteiger partial charge in [0.1, 0.15) is 6.04 Å². The number of aliphatic carboxylic acids is 1. The van der Waals surface area contributed by atoms with E-state index in [4.69, 9.17) is 5.11 Å². The number of para-hydroxylation sites is 1. The minimum atomic E-state index is -0.802. The molecule has 16 heavy (non-hydrogen) atoms. The highest BCUT2D eigenvalue weighted by atomic mass is 16.4. The Morgan fingerprint density at radius 3 is 2.56 bits per heavy atom. The van der Waals surface area contributed by atoms with Gasteiger partial charge >= 0.3 is 5.97 Å². The zero-order chi connectivity index (χ0) is 12.0. The van der Waals surface area contributed by atoms with Gasteiger partial charge < -0.3 is 15.3 Å². The normalized spacial score (nSPS) is 12.1. The predicted molar refractivity (Wildman–Crippen MR) is 64.8 cm³/mol. The van der Waals surface area contributed by atoms with Crippen molar-refractivity contribution in [1.82, 2.24) is 5.32 Å². The van der Waals surface area contributed by atoms with E-state index < -0.39 is 12.0 Å². The van der Waals surface area contributed by atoms with Crippen LogP contribution in [-0.4, -0.2) is 37.8 Å². The van der Waals surface area contributed by atoms with Gasteiger partial charge in [0.05, 0.1) is 0 Å². The number of carboxylic acids is 1. The molecule has 0 saturated heterocycles. The average molecular weight is 222 g/mol. The van der Waals surface area contributed by atoms with Crippen molar-refractivity contribution in [3.8, 4) is 0 Å². The number of anilines is 1. The van der Waals surface area contributed by atoms with Crippen LogP contribution in [0.5, 0.6) is 0 Å². The van der Waals surface area contributed by atoms with Crippen LogP contribution in [0.2, 0.25) is 0 Å². The molecule has 1 rings (SSSR count). The molecule has 0 spiro atoms. The van der Waals surface area contributed by atoms with Gasteiger partial charge in [0.15, 0.2) is 0 Å². The number of rotatable bonds is 6. The molecule has 0 heterocycles. The van der Waals surface area contributed by atoms with Crippen molar-refractivity contribution in [2.75, 3.05) is 25.5 Å². The van der Waals surface area contributed by atoms with Crippen LogP contribution in [0, 0.1) is 0 Å². The zero-order valence-corrected chi connectivity index (χ0v) is 9.68. The van der Waals surface area contributed by atoms with E-state index in [2.05, 4.69) is 5.32 Å². The van der Waals surface area contributed by atoms with Gasteiger partial charge in [0, 0.05) is 19.3 Å². The number of hydrogen-bond acceptors (Lipinski definition) is 3. The van der Waals surface area contributed by atoms with Crippen LogP contribution >= 0.6 is 0 Å². The molecular weight excluding hydrogens is 204 g/mol. The van der Waals surface area contributed by atoms with Crippen LogP contribution in [0.15, 0.2) is 30.3 Å². The molecule has 4 heteroatoms. The van der Waals surface area contributed by atoms with Crippen molar-refractivity contribution in [3.63, 3.8) is 0 Å². The van der Waals surface area contributed by atoms with E-state index in [9.17, 15) is 4.79 Å². The Kier molecular flexibility index (Phi) is 4.79. The van der Waals surface area contributed by atoms with Crippen LogP contribution in [-0.2, 0) is 4.79 Å². The summed E-state index contributed by atoms with van der Waals surface area (Å²) in [6.45, 7) is 0.710. The highest BCUT2D eigenvalue weighted by Gasteiger charge is 2.15. The van der Waals surface area contributed by atoms with Crippen molar-refractivity contribution in [2.24, 2.45) is 0 Å².